The lowest BCUT2D eigenvalue weighted by atomic mass is 10.1. The van der Waals surface area contributed by atoms with E-state index < -0.39 is 10.0 Å². The van der Waals surface area contributed by atoms with E-state index in [1.165, 1.54) is 24.3 Å². The van der Waals surface area contributed by atoms with Gasteiger partial charge in [0, 0.05) is 12.3 Å². The molecule has 20 heavy (non-hydrogen) atoms. The SMILES string of the molecule is O=S(=O)(Nc1ccc(CCO)cc1)c1ccc(O)cc1. The van der Waals surface area contributed by atoms with Crippen molar-refractivity contribution >= 4 is 15.7 Å². The number of sulfonamides is 1. The van der Waals surface area contributed by atoms with Gasteiger partial charge in [-0.25, -0.2) is 8.42 Å². The Kier molecular flexibility index (Phi) is 4.26. The number of hydrogen-bond donors (Lipinski definition) is 3. The summed E-state index contributed by atoms with van der Waals surface area (Å²) in [5.74, 6) is 0.0114. The first-order chi connectivity index (χ1) is 9.51. The second-order valence-corrected chi connectivity index (χ2v) is 5.95. The van der Waals surface area contributed by atoms with Crippen molar-refractivity contribution in [2.45, 2.75) is 11.3 Å². The Morgan fingerprint density at radius 3 is 2.10 bits per heavy atom. The van der Waals surface area contributed by atoms with E-state index in [1.807, 2.05) is 0 Å². The van der Waals surface area contributed by atoms with Crippen LogP contribution in [0.1, 0.15) is 5.56 Å². The zero-order valence-electron chi connectivity index (χ0n) is 10.7. The van der Waals surface area contributed by atoms with Gasteiger partial charge < -0.3 is 10.2 Å². The van der Waals surface area contributed by atoms with E-state index in [-0.39, 0.29) is 17.3 Å². The number of phenolic OH excluding ortho intramolecular Hbond substituents is 1. The van der Waals surface area contributed by atoms with Crippen molar-refractivity contribution < 1.29 is 18.6 Å². The van der Waals surface area contributed by atoms with Crippen LogP contribution < -0.4 is 4.72 Å². The van der Waals surface area contributed by atoms with E-state index in [4.69, 9.17) is 10.2 Å². The number of anilines is 1. The van der Waals surface area contributed by atoms with Crippen molar-refractivity contribution in [2.75, 3.05) is 11.3 Å². The lowest BCUT2D eigenvalue weighted by molar-refractivity contribution is 0.299. The Hall–Kier alpha value is -2.05. The number of aliphatic hydroxyl groups is 1. The Morgan fingerprint density at radius 1 is 0.950 bits per heavy atom. The average molecular weight is 293 g/mol. The normalized spacial score (nSPS) is 11.2. The zero-order valence-corrected chi connectivity index (χ0v) is 11.5. The third kappa shape index (κ3) is 3.49. The van der Waals surface area contributed by atoms with Crippen molar-refractivity contribution in [3.05, 3.63) is 54.1 Å². The van der Waals surface area contributed by atoms with E-state index >= 15 is 0 Å². The van der Waals surface area contributed by atoms with Crippen LogP contribution in [0.15, 0.2) is 53.4 Å². The quantitative estimate of drug-likeness (QED) is 0.783. The minimum Gasteiger partial charge on any atom is -0.508 e. The molecule has 2 aromatic carbocycles. The number of nitrogens with one attached hydrogen (secondary N) is 1. The first kappa shape index (κ1) is 14.4. The molecule has 0 atom stereocenters. The Labute approximate surface area is 117 Å². The van der Waals surface area contributed by atoms with Crippen molar-refractivity contribution in [1.29, 1.82) is 0 Å². The molecular weight excluding hydrogens is 278 g/mol. The molecule has 0 unspecified atom stereocenters. The predicted molar refractivity (Wildman–Crippen MR) is 76.1 cm³/mol. The van der Waals surface area contributed by atoms with E-state index in [0.29, 0.717) is 12.1 Å². The molecular formula is C14H15NO4S. The van der Waals surface area contributed by atoms with Gasteiger partial charge in [-0.15, -0.1) is 0 Å². The second kappa shape index (κ2) is 5.94. The third-order valence-electron chi connectivity index (χ3n) is 2.75. The minimum absolute atomic E-state index is 0.0114. The molecule has 0 radical (unpaired) electrons. The van der Waals surface area contributed by atoms with E-state index in [0.717, 1.165) is 5.56 Å². The molecule has 6 heteroatoms. The Bertz CT molecular complexity index is 663. The van der Waals surface area contributed by atoms with Crippen LogP contribution in [0.4, 0.5) is 5.69 Å². The summed E-state index contributed by atoms with van der Waals surface area (Å²) in [4.78, 5) is 0.0785. The zero-order chi connectivity index (χ0) is 14.6. The minimum atomic E-state index is -3.67. The molecule has 0 fully saturated rings. The number of phenols is 1. The lowest BCUT2D eigenvalue weighted by Gasteiger charge is -2.08. The highest BCUT2D eigenvalue weighted by molar-refractivity contribution is 7.92. The van der Waals surface area contributed by atoms with Crippen molar-refractivity contribution in [3.8, 4) is 5.75 Å². The van der Waals surface area contributed by atoms with Gasteiger partial charge >= 0.3 is 0 Å². The van der Waals surface area contributed by atoms with Crippen LogP contribution in [0, 0.1) is 0 Å². The van der Waals surface area contributed by atoms with Gasteiger partial charge in [-0.05, 0) is 48.4 Å². The van der Waals surface area contributed by atoms with Gasteiger partial charge in [-0.1, -0.05) is 12.1 Å². The second-order valence-electron chi connectivity index (χ2n) is 4.27. The molecule has 0 aliphatic carbocycles. The maximum absolute atomic E-state index is 12.1. The van der Waals surface area contributed by atoms with Crippen molar-refractivity contribution in [1.82, 2.24) is 0 Å². The van der Waals surface area contributed by atoms with Crippen LogP contribution in [-0.4, -0.2) is 25.2 Å². The molecule has 0 heterocycles. The number of benzene rings is 2. The Morgan fingerprint density at radius 2 is 1.55 bits per heavy atom. The molecule has 0 aliphatic heterocycles. The molecule has 0 amide bonds. The molecule has 2 aromatic rings. The maximum atomic E-state index is 12.1. The first-order valence-corrected chi connectivity index (χ1v) is 7.51. The van der Waals surface area contributed by atoms with E-state index in [9.17, 15) is 8.42 Å². The van der Waals surface area contributed by atoms with Gasteiger partial charge in [-0.2, -0.15) is 0 Å². The fraction of sp³-hybridized carbons (Fsp3) is 0.143. The van der Waals surface area contributed by atoms with Gasteiger partial charge in [0.15, 0.2) is 0 Å². The summed E-state index contributed by atoms with van der Waals surface area (Å²) in [5, 5.41) is 18.0. The summed E-state index contributed by atoms with van der Waals surface area (Å²) >= 11 is 0. The molecule has 0 saturated carbocycles. The topological polar surface area (TPSA) is 86.6 Å². The van der Waals surface area contributed by atoms with E-state index in [1.54, 1.807) is 24.3 Å². The number of rotatable bonds is 5. The van der Waals surface area contributed by atoms with Gasteiger partial charge in [0.25, 0.3) is 10.0 Å². The van der Waals surface area contributed by atoms with Crippen LogP contribution in [0.3, 0.4) is 0 Å². The highest BCUT2D eigenvalue weighted by Crippen LogP contribution is 2.19. The van der Waals surface area contributed by atoms with Crippen molar-refractivity contribution in [2.24, 2.45) is 0 Å². The molecule has 3 N–H and O–H groups in total. The molecule has 106 valence electrons. The molecule has 0 aliphatic rings. The van der Waals surface area contributed by atoms with Crippen LogP contribution in [0.5, 0.6) is 5.75 Å². The summed E-state index contributed by atoms with van der Waals surface area (Å²) in [6.45, 7) is 0.0541. The summed E-state index contributed by atoms with van der Waals surface area (Å²) in [6.07, 6.45) is 0.533. The largest absolute Gasteiger partial charge is 0.508 e. The van der Waals surface area contributed by atoms with Crippen LogP contribution in [0.25, 0.3) is 0 Å². The molecule has 0 aromatic heterocycles. The van der Waals surface area contributed by atoms with Gasteiger partial charge in [0.05, 0.1) is 4.90 Å². The number of aromatic hydroxyl groups is 1. The van der Waals surface area contributed by atoms with Gasteiger partial charge in [-0.3, -0.25) is 4.72 Å². The van der Waals surface area contributed by atoms with Crippen LogP contribution in [0.2, 0.25) is 0 Å². The summed E-state index contributed by atoms with van der Waals surface area (Å²) in [6, 6.07) is 12.1. The van der Waals surface area contributed by atoms with Crippen LogP contribution in [-0.2, 0) is 16.4 Å². The average Bonchev–Trinajstić information content (AvgIpc) is 2.41. The standard InChI is InChI=1S/C14H15NO4S/c16-10-9-11-1-3-12(4-2-11)15-20(18,19)14-7-5-13(17)6-8-14/h1-8,15-17H,9-10H2. The molecule has 0 bridgehead atoms. The predicted octanol–water partition coefficient (Wildman–Crippen LogP) is 1.73. The monoisotopic (exact) mass is 293 g/mol. The molecule has 0 saturated heterocycles. The molecule has 2 rings (SSSR count). The van der Waals surface area contributed by atoms with Gasteiger partial charge in [0.1, 0.15) is 5.75 Å². The molecule has 0 spiro atoms. The number of aliphatic hydroxyl groups excluding tert-OH is 1. The first-order valence-electron chi connectivity index (χ1n) is 6.03. The van der Waals surface area contributed by atoms with E-state index in [2.05, 4.69) is 4.72 Å². The summed E-state index contributed by atoms with van der Waals surface area (Å²) in [5.41, 5.74) is 1.37. The highest BCUT2D eigenvalue weighted by atomic mass is 32.2. The van der Waals surface area contributed by atoms with Crippen molar-refractivity contribution in [3.63, 3.8) is 0 Å². The highest BCUT2D eigenvalue weighted by Gasteiger charge is 2.13. The fourth-order valence-electron chi connectivity index (χ4n) is 1.71. The lowest BCUT2D eigenvalue weighted by Crippen LogP contribution is -2.12. The Balaban J connectivity index is 2.17. The summed E-state index contributed by atoms with van der Waals surface area (Å²) < 4.78 is 26.6. The van der Waals surface area contributed by atoms with Gasteiger partial charge in [0.2, 0.25) is 0 Å². The smallest absolute Gasteiger partial charge is 0.261 e. The fourth-order valence-corrected chi connectivity index (χ4v) is 2.77. The summed E-state index contributed by atoms with van der Waals surface area (Å²) in [7, 11) is -3.67. The maximum Gasteiger partial charge on any atom is 0.261 e. The van der Waals surface area contributed by atoms with Crippen LogP contribution >= 0.6 is 0 Å². The number of hydrogen-bond acceptors (Lipinski definition) is 4. The molecule has 5 nitrogen and oxygen atoms in total. The third-order valence-corrected chi connectivity index (χ3v) is 4.15.